The molecule has 3 atom stereocenters. The molecule has 9 heteroatoms. The molecule has 0 aromatic heterocycles. The van der Waals surface area contributed by atoms with E-state index in [1.165, 1.54) is 31.4 Å². The van der Waals surface area contributed by atoms with Gasteiger partial charge in [-0.15, -0.1) is 0 Å². The number of carbonyl (C=O) groups excluding carboxylic acids is 2. The molecule has 0 spiro atoms. The Morgan fingerprint density at radius 2 is 1.94 bits per heavy atom. The molecule has 2 aromatic carbocycles. The van der Waals surface area contributed by atoms with Gasteiger partial charge in [0.25, 0.3) is 11.7 Å². The summed E-state index contributed by atoms with van der Waals surface area (Å²) >= 11 is 6.46. The summed E-state index contributed by atoms with van der Waals surface area (Å²) in [7, 11) is 1.25. The van der Waals surface area contributed by atoms with Crippen molar-refractivity contribution < 1.29 is 27.5 Å². The Morgan fingerprint density at radius 1 is 1.19 bits per heavy atom. The number of esters is 1. The summed E-state index contributed by atoms with van der Waals surface area (Å²) in [6, 6.07) is 9.48. The zero-order valence-electron chi connectivity index (χ0n) is 16.4. The average molecular weight is 470 g/mol. The van der Waals surface area contributed by atoms with Gasteiger partial charge in [0, 0.05) is 16.0 Å². The topological polar surface area (TPSA) is 55.4 Å². The fourth-order valence-electron chi connectivity index (χ4n) is 3.59. The number of allylic oxidation sites excluding steroid dienone is 1. The minimum Gasteiger partial charge on any atom is -0.469 e. The van der Waals surface area contributed by atoms with Gasteiger partial charge >= 0.3 is 5.97 Å². The molecule has 3 rings (SSSR count). The lowest BCUT2D eigenvalue weighted by molar-refractivity contribution is -0.143. The number of hydrogen-bond acceptors (Lipinski definition) is 4. The second kappa shape index (κ2) is 10.2. The molecule has 1 aliphatic rings. The number of amides is 1. The molecule has 2 aromatic rings. The summed E-state index contributed by atoms with van der Waals surface area (Å²) in [5, 5.41) is 2.90. The van der Waals surface area contributed by atoms with E-state index in [4.69, 9.17) is 16.3 Å². The van der Waals surface area contributed by atoms with Crippen LogP contribution in [-0.2, 0) is 9.53 Å². The van der Waals surface area contributed by atoms with Gasteiger partial charge in [-0.2, -0.15) is 8.78 Å². The van der Waals surface area contributed by atoms with Crippen LogP contribution in [0.25, 0.3) is 0 Å². The van der Waals surface area contributed by atoms with E-state index in [9.17, 15) is 22.8 Å². The number of carbonyl (C=O) groups is 2. The summed E-state index contributed by atoms with van der Waals surface area (Å²) < 4.78 is 43.9. The van der Waals surface area contributed by atoms with E-state index < -0.39 is 35.4 Å². The molecule has 1 amide bonds. The van der Waals surface area contributed by atoms with Crippen LogP contribution in [0.1, 0.15) is 28.3 Å². The molecule has 4 nitrogen and oxygen atoms in total. The predicted octanol–water partition coefficient (Wildman–Crippen LogP) is 5.43. The first-order valence-corrected chi connectivity index (χ1v) is 10.6. The highest BCUT2D eigenvalue weighted by molar-refractivity contribution is 7.99. The third-order valence-electron chi connectivity index (χ3n) is 4.96. The SMILES string of the molecule is COC(=O)[C@H](c1ccc(F)cc1Cl)[C@H]1C=C[C@@H](NC(=O)c2ccccc2SC(F)F)C1. The molecule has 0 fully saturated rings. The molecule has 1 aliphatic carbocycles. The molecule has 0 heterocycles. The van der Waals surface area contributed by atoms with E-state index in [0.29, 0.717) is 23.7 Å². The van der Waals surface area contributed by atoms with Gasteiger partial charge in [-0.1, -0.05) is 53.7 Å². The lowest BCUT2D eigenvalue weighted by Gasteiger charge is -2.23. The maximum absolute atomic E-state index is 13.4. The smallest absolute Gasteiger partial charge is 0.313 e. The zero-order chi connectivity index (χ0) is 22.5. The molecule has 0 unspecified atom stereocenters. The van der Waals surface area contributed by atoms with Gasteiger partial charge in [0.2, 0.25) is 0 Å². The number of benzene rings is 2. The van der Waals surface area contributed by atoms with Crippen molar-refractivity contribution in [2.45, 2.75) is 29.0 Å². The number of methoxy groups -OCH3 is 1. The summed E-state index contributed by atoms with van der Waals surface area (Å²) in [6.45, 7) is 0. The Bertz CT molecular complexity index is 1000. The van der Waals surface area contributed by atoms with Crippen molar-refractivity contribution in [1.29, 1.82) is 0 Å². The molecular formula is C22H19ClF3NO3S. The van der Waals surface area contributed by atoms with Gasteiger partial charge in [0.1, 0.15) is 5.82 Å². The van der Waals surface area contributed by atoms with Crippen molar-refractivity contribution in [3.05, 3.63) is 76.6 Å². The second-order valence-electron chi connectivity index (χ2n) is 6.91. The molecule has 0 radical (unpaired) electrons. The Hall–Kier alpha value is -2.45. The Balaban J connectivity index is 1.75. The molecule has 0 aliphatic heterocycles. The van der Waals surface area contributed by atoms with Crippen molar-refractivity contribution in [2.75, 3.05) is 7.11 Å². The van der Waals surface area contributed by atoms with Gasteiger partial charge in [-0.25, -0.2) is 4.39 Å². The van der Waals surface area contributed by atoms with Gasteiger partial charge in [0.15, 0.2) is 0 Å². The monoisotopic (exact) mass is 469 g/mol. The summed E-state index contributed by atoms with van der Waals surface area (Å²) in [4.78, 5) is 25.3. The van der Waals surface area contributed by atoms with E-state index in [1.807, 2.05) is 0 Å². The quantitative estimate of drug-likeness (QED) is 0.334. The molecule has 31 heavy (non-hydrogen) atoms. The zero-order valence-corrected chi connectivity index (χ0v) is 17.9. The number of rotatable bonds is 7. The van der Waals surface area contributed by atoms with Gasteiger partial charge < -0.3 is 10.1 Å². The van der Waals surface area contributed by atoms with Crippen LogP contribution in [0.3, 0.4) is 0 Å². The molecule has 0 saturated carbocycles. The van der Waals surface area contributed by atoms with Crippen LogP contribution < -0.4 is 5.32 Å². The molecule has 164 valence electrons. The highest BCUT2D eigenvalue weighted by atomic mass is 35.5. The lowest BCUT2D eigenvalue weighted by Crippen LogP contribution is -2.34. The van der Waals surface area contributed by atoms with Crippen molar-refractivity contribution >= 4 is 35.2 Å². The van der Waals surface area contributed by atoms with Crippen LogP contribution in [0.2, 0.25) is 5.02 Å². The first-order valence-electron chi connectivity index (χ1n) is 9.36. The molecule has 0 bridgehead atoms. The van der Waals surface area contributed by atoms with Crippen LogP contribution in [0.4, 0.5) is 13.2 Å². The largest absolute Gasteiger partial charge is 0.469 e. The summed E-state index contributed by atoms with van der Waals surface area (Å²) in [5.74, 6) is -5.33. The van der Waals surface area contributed by atoms with Crippen molar-refractivity contribution in [1.82, 2.24) is 5.32 Å². The van der Waals surface area contributed by atoms with Gasteiger partial charge in [-0.05, 0) is 42.2 Å². The number of hydrogen-bond donors (Lipinski definition) is 1. The van der Waals surface area contributed by atoms with Crippen LogP contribution >= 0.6 is 23.4 Å². The standard InChI is InChI=1S/C22H19ClF3NO3S/c1-30-21(29)19(15-9-7-13(24)11-17(15)23)12-6-8-14(10-12)27-20(28)16-4-2-3-5-18(16)31-22(25)26/h2-9,11-12,14,19,22H,10H2,1H3,(H,27,28)/t12-,14+,19-/m0/s1. The van der Waals surface area contributed by atoms with E-state index in [0.717, 1.165) is 6.07 Å². The number of ether oxygens (including phenoxy) is 1. The normalized spacial score (nSPS) is 18.8. The van der Waals surface area contributed by atoms with Crippen molar-refractivity contribution in [3.8, 4) is 0 Å². The maximum Gasteiger partial charge on any atom is 0.313 e. The van der Waals surface area contributed by atoms with Gasteiger partial charge in [0.05, 0.1) is 18.6 Å². The van der Waals surface area contributed by atoms with E-state index in [2.05, 4.69) is 5.32 Å². The molecular weight excluding hydrogens is 451 g/mol. The minimum absolute atomic E-state index is 0.106. The average Bonchev–Trinajstić information content (AvgIpc) is 3.17. The second-order valence-corrected chi connectivity index (χ2v) is 8.34. The maximum atomic E-state index is 13.4. The van der Waals surface area contributed by atoms with Crippen LogP contribution in [-0.4, -0.2) is 30.8 Å². The number of halogens is 4. The van der Waals surface area contributed by atoms with Crippen molar-refractivity contribution in [3.63, 3.8) is 0 Å². The van der Waals surface area contributed by atoms with Crippen LogP contribution in [0.5, 0.6) is 0 Å². The van der Waals surface area contributed by atoms with Crippen LogP contribution in [0.15, 0.2) is 59.5 Å². The molecule has 0 saturated heterocycles. The Kier molecular flexibility index (Phi) is 7.67. The lowest BCUT2D eigenvalue weighted by atomic mass is 9.85. The minimum atomic E-state index is -2.65. The highest BCUT2D eigenvalue weighted by Crippen LogP contribution is 2.38. The fourth-order valence-corrected chi connectivity index (χ4v) is 4.52. The Morgan fingerprint density at radius 3 is 2.61 bits per heavy atom. The number of alkyl halides is 2. The Labute approximate surface area is 186 Å². The first kappa shape index (κ1) is 23.2. The van der Waals surface area contributed by atoms with E-state index in [1.54, 1.807) is 24.3 Å². The number of nitrogens with one attached hydrogen (secondary N) is 1. The van der Waals surface area contributed by atoms with E-state index >= 15 is 0 Å². The molecule has 1 N–H and O–H groups in total. The first-order chi connectivity index (χ1) is 14.8. The summed E-state index contributed by atoms with van der Waals surface area (Å²) in [6.07, 6.45) is 3.87. The summed E-state index contributed by atoms with van der Waals surface area (Å²) in [5.41, 5.74) is 0.575. The third-order valence-corrected chi connectivity index (χ3v) is 6.08. The highest BCUT2D eigenvalue weighted by Gasteiger charge is 2.35. The fraction of sp³-hybridized carbons (Fsp3) is 0.273. The predicted molar refractivity (Wildman–Crippen MR) is 113 cm³/mol. The number of thioether (sulfide) groups is 1. The van der Waals surface area contributed by atoms with Crippen LogP contribution in [0, 0.1) is 11.7 Å². The van der Waals surface area contributed by atoms with E-state index in [-0.39, 0.29) is 21.4 Å². The van der Waals surface area contributed by atoms with Gasteiger partial charge in [-0.3, -0.25) is 9.59 Å². The van der Waals surface area contributed by atoms with Crippen molar-refractivity contribution in [2.24, 2.45) is 5.92 Å². The third kappa shape index (κ3) is 5.62.